The SMILES string of the molecule is COc1ccccc1C(=O)Nc1ccc(N2CCCCC2)c([N+](=O)[O-])c1. The highest BCUT2D eigenvalue weighted by atomic mass is 16.6. The van der Waals surface area contributed by atoms with Crippen molar-refractivity contribution >= 4 is 23.0 Å². The molecule has 3 rings (SSSR count). The van der Waals surface area contributed by atoms with Crippen LogP contribution in [0, 0.1) is 10.1 Å². The number of amides is 1. The highest BCUT2D eigenvalue weighted by Crippen LogP contribution is 2.33. The first-order valence-electron chi connectivity index (χ1n) is 8.58. The lowest BCUT2D eigenvalue weighted by Gasteiger charge is -2.28. The Bertz CT molecular complexity index is 816. The van der Waals surface area contributed by atoms with Crippen LogP contribution in [0.4, 0.5) is 17.1 Å². The highest BCUT2D eigenvalue weighted by molar-refractivity contribution is 6.06. The van der Waals surface area contributed by atoms with Crippen LogP contribution >= 0.6 is 0 Å². The Morgan fingerprint density at radius 1 is 1.15 bits per heavy atom. The molecule has 1 N–H and O–H groups in total. The Hall–Kier alpha value is -3.09. The molecule has 1 aliphatic rings. The molecule has 7 nitrogen and oxygen atoms in total. The Morgan fingerprint density at radius 2 is 1.88 bits per heavy atom. The van der Waals surface area contributed by atoms with Gasteiger partial charge in [0, 0.05) is 24.8 Å². The first-order chi connectivity index (χ1) is 12.6. The van der Waals surface area contributed by atoms with Crippen molar-refractivity contribution in [3.63, 3.8) is 0 Å². The number of nitrogens with zero attached hydrogens (tertiary/aromatic N) is 2. The van der Waals surface area contributed by atoms with Crippen molar-refractivity contribution < 1.29 is 14.5 Å². The minimum atomic E-state index is -0.400. The zero-order chi connectivity index (χ0) is 18.5. The quantitative estimate of drug-likeness (QED) is 0.650. The van der Waals surface area contributed by atoms with E-state index in [1.807, 2.05) is 4.90 Å². The van der Waals surface area contributed by atoms with Gasteiger partial charge >= 0.3 is 0 Å². The lowest BCUT2D eigenvalue weighted by Crippen LogP contribution is -2.30. The number of rotatable bonds is 5. The molecule has 1 saturated heterocycles. The van der Waals surface area contributed by atoms with Crippen LogP contribution in [-0.2, 0) is 0 Å². The molecule has 2 aromatic rings. The summed E-state index contributed by atoms with van der Waals surface area (Å²) in [6.45, 7) is 1.63. The minimum Gasteiger partial charge on any atom is -0.496 e. The van der Waals surface area contributed by atoms with Crippen molar-refractivity contribution in [2.45, 2.75) is 19.3 Å². The monoisotopic (exact) mass is 355 g/mol. The maximum absolute atomic E-state index is 12.5. The van der Waals surface area contributed by atoms with Gasteiger partial charge in [-0.15, -0.1) is 0 Å². The maximum Gasteiger partial charge on any atom is 0.294 e. The highest BCUT2D eigenvalue weighted by Gasteiger charge is 2.22. The molecule has 0 aliphatic carbocycles. The van der Waals surface area contributed by atoms with E-state index in [0.29, 0.717) is 22.7 Å². The first kappa shape index (κ1) is 17.7. The molecule has 7 heteroatoms. The molecule has 2 aromatic carbocycles. The average Bonchev–Trinajstić information content (AvgIpc) is 2.68. The topological polar surface area (TPSA) is 84.7 Å². The van der Waals surface area contributed by atoms with Crippen LogP contribution < -0.4 is 15.0 Å². The van der Waals surface area contributed by atoms with E-state index in [4.69, 9.17) is 4.74 Å². The van der Waals surface area contributed by atoms with Crippen molar-refractivity contribution in [1.82, 2.24) is 0 Å². The Labute approximate surface area is 151 Å². The van der Waals surface area contributed by atoms with Crippen molar-refractivity contribution in [3.05, 3.63) is 58.1 Å². The van der Waals surface area contributed by atoms with E-state index in [9.17, 15) is 14.9 Å². The number of piperidine rings is 1. The fourth-order valence-electron chi connectivity index (χ4n) is 3.18. The molecule has 1 fully saturated rings. The van der Waals surface area contributed by atoms with E-state index in [1.54, 1.807) is 36.4 Å². The number of hydrogen-bond donors (Lipinski definition) is 1. The average molecular weight is 355 g/mol. The number of carbonyl (C=O) groups excluding carboxylic acids is 1. The number of anilines is 2. The molecule has 0 aromatic heterocycles. The van der Waals surface area contributed by atoms with E-state index in [-0.39, 0.29) is 11.6 Å². The summed E-state index contributed by atoms with van der Waals surface area (Å²) in [5, 5.41) is 14.2. The van der Waals surface area contributed by atoms with Gasteiger partial charge in [0.15, 0.2) is 0 Å². The van der Waals surface area contributed by atoms with Crippen LogP contribution in [0.3, 0.4) is 0 Å². The summed E-state index contributed by atoms with van der Waals surface area (Å²) in [6, 6.07) is 11.7. The maximum atomic E-state index is 12.5. The number of nitro benzene ring substituents is 1. The standard InChI is InChI=1S/C19H21N3O4/c1-26-18-8-4-3-7-15(18)19(23)20-14-9-10-16(17(13-14)22(24)25)21-11-5-2-6-12-21/h3-4,7-10,13H,2,5-6,11-12H2,1H3,(H,20,23). The molecular weight excluding hydrogens is 334 g/mol. The number of para-hydroxylation sites is 1. The van der Waals surface area contributed by atoms with Gasteiger partial charge in [0.1, 0.15) is 11.4 Å². The summed E-state index contributed by atoms with van der Waals surface area (Å²) in [7, 11) is 1.49. The van der Waals surface area contributed by atoms with Gasteiger partial charge < -0.3 is 15.0 Å². The van der Waals surface area contributed by atoms with Gasteiger partial charge in [0.25, 0.3) is 11.6 Å². The molecule has 0 spiro atoms. The molecule has 1 aliphatic heterocycles. The number of benzene rings is 2. The fraction of sp³-hybridized carbons (Fsp3) is 0.316. The molecule has 0 saturated carbocycles. The third kappa shape index (κ3) is 3.77. The minimum absolute atomic E-state index is 0.00438. The van der Waals surface area contributed by atoms with Crippen LogP contribution in [0.1, 0.15) is 29.6 Å². The third-order valence-corrected chi connectivity index (χ3v) is 4.48. The van der Waals surface area contributed by atoms with E-state index in [0.717, 1.165) is 32.4 Å². The van der Waals surface area contributed by atoms with E-state index in [1.165, 1.54) is 13.2 Å². The summed E-state index contributed by atoms with van der Waals surface area (Å²) in [6.07, 6.45) is 3.21. The van der Waals surface area contributed by atoms with Gasteiger partial charge in [-0.05, 0) is 43.5 Å². The van der Waals surface area contributed by atoms with Gasteiger partial charge in [-0.3, -0.25) is 14.9 Å². The van der Waals surface area contributed by atoms with Crippen LogP contribution in [0.2, 0.25) is 0 Å². The Kier molecular flexibility index (Phi) is 5.36. The number of ether oxygens (including phenoxy) is 1. The second-order valence-corrected chi connectivity index (χ2v) is 6.16. The third-order valence-electron chi connectivity index (χ3n) is 4.48. The van der Waals surface area contributed by atoms with Crippen molar-refractivity contribution in [2.24, 2.45) is 0 Å². The molecule has 1 heterocycles. The largest absolute Gasteiger partial charge is 0.496 e. The fourth-order valence-corrected chi connectivity index (χ4v) is 3.18. The van der Waals surface area contributed by atoms with E-state index < -0.39 is 4.92 Å². The Morgan fingerprint density at radius 3 is 2.58 bits per heavy atom. The van der Waals surface area contributed by atoms with Crippen molar-refractivity contribution in [2.75, 3.05) is 30.4 Å². The van der Waals surface area contributed by atoms with E-state index in [2.05, 4.69) is 5.32 Å². The zero-order valence-electron chi connectivity index (χ0n) is 14.6. The molecule has 26 heavy (non-hydrogen) atoms. The second kappa shape index (κ2) is 7.86. The van der Waals surface area contributed by atoms with Gasteiger partial charge in [-0.2, -0.15) is 0 Å². The van der Waals surface area contributed by atoms with Crippen LogP contribution in [0.5, 0.6) is 5.75 Å². The van der Waals surface area contributed by atoms with Gasteiger partial charge in [0.05, 0.1) is 17.6 Å². The predicted octanol–water partition coefficient (Wildman–Crippen LogP) is 3.85. The Balaban J connectivity index is 1.85. The molecule has 136 valence electrons. The van der Waals surface area contributed by atoms with Crippen LogP contribution in [0.25, 0.3) is 0 Å². The van der Waals surface area contributed by atoms with Crippen molar-refractivity contribution in [1.29, 1.82) is 0 Å². The molecule has 1 amide bonds. The summed E-state index contributed by atoms with van der Waals surface area (Å²) < 4.78 is 5.19. The van der Waals surface area contributed by atoms with Crippen molar-refractivity contribution in [3.8, 4) is 5.75 Å². The molecular formula is C19H21N3O4. The van der Waals surface area contributed by atoms with Crippen LogP contribution in [-0.4, -0.2) is 31.0 Å². The summed E-state index contributed by atoms with van der Waals surface area (Å²) in [5.74, 6) is 0.0758. The number of nitrogens with one attached hydrogen (secondary N) is 1. The normalized spacial score (nSPS) is 14.0. The smallest absolute Gasteiger partial charge is 0.294 e. The summed E-state index contributed by atoms with van der Waals surface area (Å²) >= 11 is 0. The molecule has 0 unspecified atom stereocenters. The summed E-state index contributed by atoms with van der Waals surface area (Å²) in [4.78, 5) is 25.6. The lowest BCUT2D eigenvalue weighted by molar-refractivity contribution is -0.384. The predicted molar refractivity (Wildman–Crippen MR) is 100 cm³/mol. The second-order valence-electron chi connectivity index (χ2n) is 6.16. The molecule has 0 radical (unpaired) electrons. The number of methoxy groups -OCH3 is 1. The lowest BCUT2D eigenvalue weighted by atomic mass is 10.1. The van der Waals surface area contributed by atoms with Crippen LogP contribution in [0.15, 0.2) is 42.5 Å². The summed E-state index contributed by atoms with van der Waals surface area (Å²) in [5.41, 5.74) is 1.36. The molecule has 0 atom stereocenters. The number of nitro groups is 1. The molecule has 0 bridgehead atoms. The van der Waals surface area contributed by atoms with Gasteiger partial charge in [0.2, 0.25) is 0 Å². The zero-order valence-corrected chi connectivity index (χ0v) is 14.6. The number of carbonyl (C=O) groups is 1. The van der Waals surface area contributed by atoms with Gasteiger partial charge in [-0.25, -0.2) is 0 Å². The first-order valence-corrected chi connectivity index (χ1v) is 8.58. The van der Waals surface area contributed by atoms with Gasteiger partial charge in [-0.1, -0.05) is 12.1 Å². The van der Waals surface area contributed by atoms with E-state index >= 15 is 0 Å². The number of hydrogen-bond acceptors (Lipinski definition) is 5.